The molecule has 0 heterocycles. The van der Waals surface area contributed by atoms with Crippen molar-refractivity contribution in [1.29, 1.82) is 0 Å². The van der Waals surface area contributed by atoms with Crippen LogP contribution in [0.2, 0.25) is 0 Å². The molecule has 17 heavy (non-hydrogen) atoms. The van der Waals surface area contributed by atoms with Crippen molar-refractivity contribution in [1.82, 2.24) is 5.32 Å². The van der Waals surface area contributed by atoms with E-state index in [2.05, 4.69) is 26.2 Å². The quantitative estimate of drug-likeness (QED) is 0.767. The lowest BCUT2D eigenvalue weighted by Crippen LogP contribution is -2.54. The number of likely N-dealkylation sites (N-methyl/N-ethyl adjacent to an activating group) is 1. The fourth-order valence-corrected chi connectivity index (χ4v) is 3.66. The van der Waals surface area contributed by atoms with Crippen LogP contribution in [-0.4, -0.2) is 25.3 Å². The number of nitrogens with one attached hydrogen (secondary N) is 1. The molecule has 0 saturated heterocycles. The van der Waals surface area contributed by atoms with E-state index in [1.807, 2.05) is 0 Å². The van der Waals surface area contributed by atoms with Crippen molar-refractivity contribution in [3.05, 3.63) is 0 Å². The molecule has 100 valence electrons. The molecule has 3 unspecified atom stereocenters. The van der Waals surface area contributed by atoms with Crippen LogP contribution in [0.4, 0.5) is 0 Å². The first-order chi connectivity index (χ1) is 8.20. The third-order valence-electron chi connectivity index (χ3n) is 4.67. The van der Waals surface area contributed by atoms with E-state index in [0.717, 1.165) is 18.4 Å². The highest BCUT2D eigenvalue weighted by atomic mass is 16.5. The van der Waals surface area contributed by atoms with Gasteiger partial charge in [0.25, 0.3) is 0 Å². The molecule has 0 bridgehead atoms. The molecule has 2 aliphatic rings. The molecule has 0 radical (unpaired) electrons. The molecular formula is C15H29NO. The normalized spacial score (nSPS) is 35.8. The van der Waals surface area contributed by atoms with Gasteiger partial charge in [0.2, 0.25) is 0 Å². The van der Waals surface area contributed by atoms with Crippen LogP contribution in [0.5, 0.6) is 0 Å². The molecule has 0 aromatic carbocycles. The second-order valence-corrected chi connectivity index (χ2v) is 6.22. The minimum absolute atomic E-state index is 0.129. The SMILES string of the molecule is CCOC1(C(CC2CC2)NC)CCCC(C)C1. The van der Waals surface area contributed by atoms with Crippen LogP contribution in [0.25, 0.3) is 0 Å². The van der Waals surface area contributed by atoms with Crippen LogP contribution in [0.1, 0.15) is 58.8 Å². The van der Waals surface area contributed by atoms with E-state index in [4.69, 9.17) is 4.74 Å². The predicted octanol–water partition coefficient (Wildman–Crippen LogP) is 3.36. The summed E-state index contributed by atoms with van der Waals surface area (Å²) in [5.74, 6) is 1.80. The minimum atomic E-state index is 0.129. The van der Waals surface area contributed by atoms with E-state index >= 15 is 0 Å². The maximum atomic E-state index is 6.26. The second-order valence-electron chi connectivity index (χ2n) is 6.22. The van der Waals surface area contributed by atoms with Crippen molar-refractivity contribution < 1.29 is 4.74 Å². The Kier molecular flexibility index (Phi) is 4.48. The van der Waals surface area contributed by atoms with E-state index in [1.165, 1.54) is 44.9 Å². The Labute approximate surface area is 107 Å². The Hall–Kier alpha value is -0.0800. The van der Waals surface area contributed by atoms with E-state index in [-0.39, 0.29) is 5.60 Å². The van der Waals surface area contributed by atoms with E-state index in [0.29, 0.717) is 6.04 Å². The highest BCUT2D eigenvalue weighted by Crippen LogP contribution is 2.43. The average molecular weight is 239 g/mol. The highest BCUT2D eigenvalue weighted by molar-refractivity contribution is 4.98. The van der Waals surface area contributed by atoms with Gasteiger partial charge in [-0.15, -0.1) is 0 Å². The Morgan fingerprint density at radius 2 is 2.12 bits per heavy atom. The fourth-order valence-electron chi connectivity index (χ4n) is 3.66. The summed E-state index contributed by atoms with van der Waals surface area (Å²) in [4.78, 5) is 0. The average Bonchev–Trinajstić information content (AvgIpc) is 3.10. The Morgan fingerprint density at radius 1 is 1.35 bits per heavy atom. The van der Waals surface area contributed by atoms with Gasteiger partial charge in [0.15, 0.2) is 0 Å². The van der Waals surface area contributed by atoms with Crippen molar-refractivity contribution in [2.24, 2.45) is 11.8 Å². The Bertz CT molecular complexity index is 235. The van der Waals surface area contributed by atoms with Gasteiger partial charge in [-0.1, -0.05) is 32.6 Å². The molecule has 3 atom stereocenters. The minimum Gasteiger partial charge on any atom is -0.374 e. The van der Waals surface area contributed by atoms with Gasteiger partial charge in [0.05, 0.1) is 5.60 Å². The van der Waals surface area contributed by atoms with Crippen LogP contribution in [0.3, 0.4) is 0 Å². The third-order valence-corrected chi connectivity index (χ3v) is 4.67. The van der Waals surface area contributed by atoms with Crippen LogP contribution in [0, 0.1) is 11.8 Å². The lowest BCUT2D eigenvalue weighted by Gasteiger charge is -2.45. The summed E-state index contributed by atoms with van der Waals surface area (Å²) in [6.45, 7) is 5.39. The fraction of sp³-hybridized carbons (Fsp3) is 1.00. The molecule has 2 fully saturated rings. The van der Waals surface area contributed by atoms with Crippen molar-refractivity contribution in [3.63, 3.8) is 0 Å². The number of rotatable bonds is 6. The van der Waals surface area contributed by atoms with Gasteiger partial charge in [-0.2, -0.15) is 0 Å². The number of ether oxygens (including phenoxy) is 1. The lowest BCUT2D eigenvalue weighted by atomic mass is 9.73. The summed E-state index contributed by atoms with van der Waals surface area (Å²) < 4.78 is 6.26. The largest absolute Gasteiger partial charge is 0.374 e. The number of hydrogen-bond acceptors (Lipinski definition) is 2. The zero-order valence-corrected chi connectivity index (χ0v) is 11.8. The zero-order chi connectivity index (χ0) is 12.3. The maximum Gasteiger partial charge on any atom is 0.0837 e. The van der Waals surface area contributed by atoms with Crippen LogP contribution >= 0.6 is 0 Å². The van der Waals surface area contributed by atoms with Crippen molar-refractivity contribution in [2.75, 3.05) is 13.7 Å². The molecule has 0 aliphatic heterocycles. The van der Waals surface area contributed by atoms with E-state index < -0.39 is 0 Å². The van der Waals surface area contributed by atoms with Crippen molar-refractivity contribution in [2.45, 2.75) is 70.4 Å². The molecule has 2 heteroatoms. The first-order valence-corrected chi connectivity index (χ1v) is 7.51. The third kappa shape index (κ3) is 3.23. The van der Waals surface area contributed by atoms with Crippen molar-refractivity contribution in [3.8, 4) is 0 Å². The van der Waals surface area contributed by atoms with Gasteiger partial charge in [0, 0.05) is 12.6 Å². The van der Waals surface area contributed by atoms with Crippen molar-refractivity contribution >= 4 is 0 Å². The van der Waals surface area contributed by atoms with Gasteiger partial charge in [-0.3, -0.25) is 0 Å². The molecule has 0 amide bonds. The van der Waals surface area contributed by atoms with Gasteiger partial charge in [-0.25, -0.2) is 0 Å². The van der Waals surface area contributed by atoms with Crippen LogP contribution in [-0.2, 0) is 4.74 Å². The summed E-state index contributed by atoms with van der Waals surface area (Å²) in [7, 11) is 2.12. The van der Waals surface area contributed by atoms with Gasteiger partial charge in [-0.05, 0) is 45.1 Å². The molecule has 2 saturated carbocycles. The standard InChI is InChI=1S/C15H29NO/c1-4-17-15(9-5-6-12(2)11-15)14(16-3)10-13-7-8-13/h12-14,16H,4-11H2,1-3H3. The smallest absolute Gasteiger partial charge is 0.0837 e. The molecule has 0 spiro atoms. The monoisotopic (exact) mass is 239 g/mol. The predicted molar refractivity (Wildman–Crippen MR) is 72.2 cm³/mol. The lowest BCUT2D eigenvalue weighted by molar-refractivity contribution is -0.101. The van der Waals surface area contributed by atoms with E-state index in [9.17, 15) is 0 Å². The Morgan fingerprint density at radius 3 is 2.65 bits per heavy atom. The summed E-state index contributed by atoms with van der Waals surface area (Å²) >= 11 is 0. The first kappa shape index (κ1) is 13.4. The molecule has 0 aromatic heterocycles. The molecular weight excluding hydrogens is 210 g/mol. The maximum absolute atomic E-state index is 6.26. The van der Waals surface area contributed by atoms with E-state index in [1.54, 1.807) is 0 Å². The van der Waals surface area contributed by atoms with Crippen LogP contribution < -0.4 is 5.32 Å². The second kappa shape index (κ2) is 5.71. The van der Waals surface area contributed by atoms with Gasteiger partial charge >= 0.3 is 0 Å². The topological polar surface area (TPSA) is 21.3 Å². The summed E-state index contributed by atoms with van der Waals surface area (Å²) in [5.41, 5.74) is 0.129. The summed E-state index contributed by atoms with van der Waals surface area (Å²) in [6.07, 6.45) is 9.43. The molecule has 0 aromatic rings. The highest BCUT2D eigenvalue weighted by Gasteiger charge is 2.43. The Balaban J connectivity index is 2.05. The molecule has 2 aliphatic carbocycles. The van der Waals surface area contributed by atoms with Gasteiger partial charge < -0.3 is 10.1 Å². The summed E-state index contributed by atoms with van der Waals surface area (Å²) in [6, 6.07) is 0.567. The molecule has 2 nitrogen and oxygen atoms in total. The zero-order valence-electron chi connectivity index (χ0n) is 11.8. The first-order valence-electron chi connectivity index (χ1n) is 7.51. The number of hydrogen-bond donors (Lipinski definition) is 1. The molecule has 1 N–H and O–H groups in total. The van der Waals surface area contributed by atoms with Crippen LogP contribution in [0.15, 0.2) is 0 Å². The molecule has 2 rings (SSSR count). The van der Waals surface area contributed by atoms with Gasteiger partial charge in [0.1, 0.15) is 0 Å². The summed E-state index contributed by atoms with van der Waals surface area (Å²) in [5, 5.41) is 3.56.